The number of aliphatic hydroxyl groups excluding tert-OH is 1. The number of rotatable bonds is 15. The van der Waals surface area contributed by atoms with Crippen LogP contribution in [-0.2, 0) is 9.59 Å². The monoisotopic (exact) mass is 538 g/mol. The van der Waals surface area contributed by atoms with Crippen molar-refractivity contribution in [3.05, 3.63) is 59.2 Å². The molecule has 2 aromatic rings. The number of benzene rings is 2. The van der Waals surface area contributed by atoms with Gasteiger partial charge in [-0.15, -0.1) is 0 Å². The van der Waals surface area contributed by atoms with Crippen molar-refractivity contribution in [2.75, 3.05) is 46.5 Å². The minimum Gasteiger partial charge on any atom is -0.507 e. The predicted molar refractivity (Wildman–Crippen MR) is 152 cm³/mol. The standard InChI is InChI=1S/C31H42N2O6/c1-6-10-20-39-25-16-13-23(21-26(25)37-5)28-27(29(34)22-11-14-24(15-12-22)38-19-7-2)30(35)31(36)33(28)18-17-32(8-3)9-4/h11-16,21,28,34H,6-10,17-20H2,1-5H3. The van der Waals surface area contributed by atoms with Gasteiger partial charge < -0.3 is 29.1 Å². The number of ether oxygens (including phenoxy) is 3. The molecule has 39 heavy (non-hydrogen) atoms. The van der Waals surface area contributed by atoms with Crippen LogP contribution in [0.15, 0.2) is 48.0 Å². The van der Waals surface area contributed by atoms with Gasteiger partial charge >= 0.3 is 0 Å². The van der Waals surface area contributed by atoms with Gasteiger partial charge in [-0.1, -0.05) is 40.2 Å². The average molecular weight is 539 g/mol. The van der Waals surface area contributed by atoms with Gasteiger partial charge in [-0.05, 0) is 67.9 Å². The molecule has 1 unspecified atom stereocenters. The Morgan fingerprint density at radius 3 is 2.26 bits per heavy atom. The fourth-order valence-corrected chi connectivity index (χ4v) is 4.63. The topological polar surface area (TPSA) is 88.5 Å². The number of likely N-dealkylation sites (tertiary alicyclic amines) is 1. The molecule has 2 aromatic carbocycles. The van der Waals surface area contributed by atoms with Crippen LogP contribution in [0.5, 0.6) is 17.2 Å². The Balaban J connectivity index is 2.06. The van der Waals surface area contributed by atoms with E-state index in [0.717, 1.165) is 32.4 Å². The zero-order chi connectivity index (χ0) is 28.4. The van der Waals surface area contributed by atoms with E-state index in [9.17, 15) is 14.7 Å². The Labute approximate surface area is 232 Å². The molecule has 0 aromatic heterocycles. The second-order valence-electron chi connectivity index (χ2n) is 9.50. The van der Waals surface area contributed by atoms with Crippen LogP contribution in [0.3, 0.4) is 0 Å². The van der Waals surface area contributed by atoms with E-state index in [4.69, 9.17) is 14.2 Å². The van der Waals surface area contributed by atoms with Gasteiger partial charge in [-0.3, -0.25) is 9.59 Å². The molecule has 0 saturated carbocycles. The fraction of sp³-hybridized carbons (Fsp3) is 0.484. The maximum absolute atomic E-state index is 13.4. The van der Waals surface area contributed by atoms with Gasteiger partial charge in [-0.2, -0.15) is 0 Å². The number of Topliss-reactive ketones (excluding diaryl/α,β-unsaturated/α-hetero) is 1. The van der Waals surface area contributed by atoms with E-state index >= 15 is 0 Å². The molecule has 0 bridgehead atoms. The number of methoxy groups -OCH3 is 1. The van der Waals surface area contributed by atoms with Crippen molar-refractivity contribution in [3.8, 4) is 17.2 Å². The lowest BCUT2D eigenvalue weighted by molar-refractivity contribution is -0.140. The first-order valence-corrected chi connectivity index (χ1v) is 13.9. The van der Waals surface area contributed by atoms with Crippen molar-refractivity contribution in [2.24, 2.45) is 0 Å². The molecule has 1 fully saturated rings. The van der Waals surface area contributed by atoms with Crippen LogP contribution in [0.4, 0.5) is 0 Å². The van der Waals surface area contributed by atoms with Crippen molar-refractivity contribution >= 4 is 17.4 Å². The minimum absolute atomic E-state index is 0.0588. The number of ketones is 1. The molecule has 0 aliphatic carbocycles. The van der Waals surface area contributed by atoms with E-state index in [1.807, 2.05) is 13.0 Å². The second kappa shape index (κ2) is 14.6. The summed E-state index contributed by atoms with van der Waals surface area (Å²) in [4.78, 5) is 30.5. The number of carbonyl (C=O) groups is 2. The SMILES string of the molecule is CCCCOc1ccc(C2C(=C(O)c3ccc(OCCC)cc3)C(=O)C(=O)N2CCN(CC)CC)cc1OC. The van der Waals surface area contributed by atoms with E-state index in [1.165, 1.54) is 0 Å². The van der Waals surface area contributed by atoms with Crippen LogP contribution in [0.1, 0.15) is 64.1 Å². The van der Waals surface area contributed by atoms with Gasteiger partial charge in [0.15, 0.2) is 11.5 Å². The summed E-state index contributed by atoms with van der Waals surface area (Å²) < 4.78 is 17.2. The van der Waals surface area contributed by atoms with Gasteiger partial charge in [0, 0.05) is 18.7 Å². The zero-order valence-corrected chi connectivity index (χ0v) is 23.9. The van der Waals surface area contributed by atoms with Gasteiger partial charge in [0.25, 0.3) is 11.7 Å². The van der Waals surface area contributed by atoms with Crippen LogP contribution in [0.2, 0.25) is 0 Å². The van der Waals surface area contributed by atoms with E-state index in [-0.39, 0.29) is 11.3 Å². The Bertz CT molecular complexity index is 1140. The van der Waals surface area contributed by atoms with E-state index < -0.39 is 17.7 Å². The Kier molecular flexibility index (Phi) is 11.2. The first-order valence-electron chi connectivity index (χ1n) is 13.9. The molecule has 1 heterocycles. The summed E-state index contributed by atoms with van der Waals surface area (Å²) in [6.45, 7) is 12.0. The number of hydrogen-bond acceptors (Lipinski definition) is 7. The number of likely N-dealkylation sites (N-methyl/N-ethyl adjacent to an activating group) is 1. The highest BCUT2D eigenvalue weighted by Crippen LogP contribution is 2.42. The highest BCUT2D eigenvalue weighted by atomic mass is 16.5. The maximum Gasteiger partial charge on any atom is 0.295 e. The molecule has 1 atom stereocenters. The molecule has 8 nitrogen and oxygen atoms in total. The van der Waals surface area contributed by atoms with Gasteiger partial charge in [0.1, 0.15) is 11.5 Å². The largest absolute Gasteiger partial charge is 0.507 e. The zero-order valence-electron chi connectivity index (χ0n) is 23.9. The maximum atomic E-state index is 13.4. The number of carbonyl (C=O) groups excluding carboxylic acids is 2. The van der Waals surface area contributed by atoms with Crippen LogP contribution in [0, 0.1) is 0 Å². The normalized spacial score (nSPS) is 16.7. The number of nitrogens with zero attached hydrogens (tertiary/aromatic N) is 2. The third kappa shape index (κ3) is 7.12. The molecule has 3 rings (SSSR count). The Hall–Kier alpha value is -3.52. The van der Waals surface area contributed by atoms with E-state index in [2.05, 4.69) is 25.7 Å². The van der Waals surface area contributed by atoms with Crippen LogP contribution in [-0.4, -0.2) is 73.1 Å². The van der Waals surface area contributed by atoms with Crippen LogP contribution >= 0.6 is 0 Å². The lowest BCUT2D eigenvalue weighted by Crippen LogP contribution is -2.38. The summed E-state index contributed by atoms with van der Waals surface area (Å²) in [5.41, 5.74) is 1.17. The second-order valence-corrected chi connectivity index (χ2v) is 9.50. The Morgan fingerprint density at radius 2 is 1.64 bits per heavy atom. The predicted octanol–water partition coefficient (Wildman–Crippen LogP) is 5.43. The van der Waals surface area contributed by atoms with E-state index in [1.54, 1.807) is 48.4 Å². The summed E-state index contributed by atoms with van der Waals surface area (Å²) in [6, 6.07) is 11.6. The minimum atomic E-state index is -0.768. The molecule has 1 aliphatic rings. The molecule has 1 aliphatic heterocycles. The van der Waals surface area contributed by atoms with Crippen molar-refractivity contribution in [1.29, 1.82) is 0 Å². The molecule has 1 N–H and O–H groups in total. The number of aliphatic hydroxyl groups is 1. The molecule has 0 spiro atoms. The van der Waals surface area contributed by atoms with Gasteiger partial charge in [0.05, 0.1) is 31.9 Å². The molecular weight excluding hydrogens is 496 g/mol. The summed E-state index contributed by atoms with van der Waals surface area (Å²) in [6.07, 6.45) is 2.80. The van der Waals surface area contributed by atoms with Gasteiger partial charge in [0.2, 0.25) is 0 Å². The number of hydrogen-bond donors (Lipinski definition) is 1. The third-order valence-electron chi connectivity index (χ3n) is 6.95. The molecule has 1 amide bonds. The third-order valence-corrected chi connectivity index (χ3v) is 6.95. The van der Waals surface area contributed by atoms with Crippen molar-refractivity contribution in [2.45, 2.75) is 53.0 Å². The Morgan fingerprint density at radius 1 is 0.923 bits per heavy atom. The first-order chi connectivity index (χ1) is 18.9. The molecule has 0 radical (unpaired) electrons. The van der Waals surface area contributed by atoms with Crippen LogP contribution in [0.25, 0.3) is 5.76 Å². The fourth-order valence-electron chi connectivity index (χ4n) is 4.63. The summed E-state index contributed by atoms with van der Waals surface area (Å²) in [5.74, 6) is 0.234. The van der Waals surface area contributed by atoms with E-state index in [0.29, 0.717) is 54.7 Å². The van der Waals surface area contributed by atoms with Gasteiger partial charge in [-0.25, -0.2) is 0 Å². The average Bonchev–Trinajstić information content (AvgIpc) is 3.21. The highest BCUT2D eigenvalue weighted by molar-refractivity contribution is 6.46. The van der Waals surface area contributed by atoms with Crippen molar-refractivity contribution in [1.82, 2.24) is 9.80 Å². The summed E-state index contributed by atoms with van der Waals surface area (Å²) in [5, 5.41) is 11.4. The lowest BCUT2D eigenvalue weighted by Gasteiger charge is -2.28. The number of amides is 1. The highest BCUT2D eigenvalue weighted by Gasteiger charge is 2.46. The molecule has 1 saturated heterocycles. The van der Waals surface area contributed by atoms with Crippen molar-refractivity contribution < 1.29 is 28.9 Å². The summed E-state index contributed by atoms with van der Waals surface area (Å²) in [7, 11) is 1.56. The molecular formula is C31H42N2O6. The molecule has 212 valence electrons. The number of unbranched alkanes of at least 4 members (excludes halogenated alkanes) is 1. The van der Waals surface area contributed by atoms with Crippen molar-refractivity contribution in [3.63, 3.8) is 0 Å². The smallest absolute Gasteiger partial charge is 0.295 e. The first kappa shape index (κ1) is 30.0. The quantitative estimate of drug-likeness (QED) is 0.140. The summed E-state index contributed by atoms with van der Waals surface area (Å²) >= 11 is 0. The lowest BCUT2D eigenvalue weighted by atomic mass is 9.95. The molecule has 8 heteroatoms. The van der Waals surface area contributed by atoms with Crippen LogP contribution < -0.4 is 14.2 Å².